The average Bonchev–Trinajstić information content (AvgIpc) is 3.04. The molecule has 3 aromatic rings. The van der Waals surface area contributed by atoms with Gasteiger partial charge < -0.3 is 4.74 Å². The summed E-state index contributed by atoms with van der Waals surface area (Å²) in [5, 5.41) is 3.20. The van der Waals surface area contributed by atoms with E-state index in [1.54, 1.807) is 11.5 Å². The fourth-order valence-corrected chi connectivity index (χ4v) is 5.23. The number of hydrogen-bond acceptors (Lipinski definition) is 7. The molecule has 7 nitrogen and oxygen atoms in total. The largest absolute Gasteiger partial charge is 0.450 e. The van der Waals surface area contributed by atoms with Gasteiger partial charge in [-0.05, 0) is 62.9 Å². The van der Waals surface area contributed by atoms with Gasteiger partial charge in [-0.25, -0.2) is 9.78 Å². The molecule has 0 fully saturated rings. The van der Waals surface area contributed by atoms with E-state index in [2.05, 4.69) is 5.32 Å². The molecule has 9 heteroatoms. The number of imide groups is 1. The van der Waals surface area contributed by atoms with Crippen molar-refractivity contribution >= 4 is 45.3 Å². The van der Waals surface area contributed by atoms with Crippen LogP contribution in [-0.2, 0) is 16.0 Å². The lowest BCUT2D eigenvalue weighted by Gasteiger charge is -2.14. The van der Waals surface area contributed by atoms with Crippen molar-refractivity contribution in [2.24, 2.45) is 0 Å². The Balaban J connectivity index is 2.08. The highest BCUT2D eigenvalue weighted by molar-refractivity contribution is 7.99. The van der Waals surface area contributed by atoms with Crippen molar-refractivity contribution in [3.05, 3.63) is 50.1 Å². The molecule has 2 aromatic heterocycles. The molecule has 0 atom stereocenters. The first kappa shape index (κ1) is 23.0. The minimum Gasteiger partial charge on any atom is -0.450 e. The van der Waals surface area contributed by atoms with Gasteiger partial charge in [0.2, 0.25) is 5.91 Å². The van der Waals surface area contributed by atoms with Gasteiger partial charge in [0.1, 0.15) is 4.83 Å². The van der Waals surface area contributed by atoms with Gasteiger partial charge >= 0.3 is 6.09 Å². The predicted molar refractivity (Wildman–Crippen MR) is 125 cm³/mol. The zero-order valence-corrected chi connectivity index (χ0v) is 19.8. The lowest BCUT2D eigenvalue weighted by Crippen LogP contribution is -2.32. The summed E-state index contributed by atoms with van der Waals surface area (Å²) in [6, 6.07) is 5.78. The number of carbonyl (C=O) groups excluding carboxylic acids is 2. The number of alkyl carbamates (subject to hydrolysis) is 1. The standard InChI is InChI=1S/C22H25N3O4S2/c1-6-16-14(5)31-19-18(16)20(27)25(15-9-8-12(3)13(4)10-15)21(24-19)30-11-17(26)23-22(28)29-7-2/h8-10H,6-7,11H2,1-5H3,(H,23,26,28). The van der Waals surface area contributed by atoms with E-state index < -0.39 is 12.0 Å². The number of nitrogens with zero attached hydrogens (tertiary/aromatic N) is 2. The van der Waals surface area contributed by atoms with Crippen LogP contribution in [0.15, 0.2) is 28.2 Å². The Morgan fingerprint density at radius 3 is 2.58 bits per heavy atom. The van der Waals surface area contributed by atoms with Crippen molar-refractivity contribution in [1.82, 2.24) is 14.9 Å². The fraction of sp³-hybridized carbons (Fsp3) is 0.364. The molecule has 0 unspecified atom stereocenters. The van der Waals surface area contributed by atoms with E-state index in [9.17, 15) is 14.4 Å². The normalized spacial score (nSPS) is 11.0. The molecular weight excluding hydrogens is 434 g/mol. The van der Waals surface area contributed by atoms with Gasteiger partial charge in [0, 0.05) is 4.88 Å². The maximum atomic E-state index is 13.6. The first-order valence-corrected chi connectivity index (χ1v) is 11.8. The summed E-state index contributed by atoms with van der Waals surface area (Å²) in [5.74, 6) is -0.590. The molecule has 0 saturated heterocycles. The second-order valence-electron chi connectivity index (χ2n) is 7.03. The molecule has 0 saturated carbocycles. The van der Waals surface area contributed by atoms with Crippen LogP contribution in [0.4, 0.5) is 4.79 Å². The van der Waals surface area contributed by atoms with Crippen LogP contribution in [0.2, 0.25) is 0 Å². The van der Waals surface area contributed by atoms with Gasteiger partial charge in [-0.3, -0.25) is 19.5 Å². The molecule has 0 aliphatic heterocycles. The minimum absolute atomic E-state index is 0.0768. The Kier molecular flexibility index (Phi) is 7.17. The number of aryl methyl sites for hydroxylation is 4. The third-order valence-electron chi connectivity index (χ3n) is 4.95. The van der Waals surface area contributed by atoms with Crippen LogP contribution in [-0.4, -0.2) is 33.9 Å². The lowest BCUT2D eigenvalue weighted by molar-refractivity contribution is -0.117. The van der Waals surface area contributed by atoms with Gasteiger partial charge in [0.15, 0.2) is 5.16 Å². The summed E-state index contributed by atoms with van der Waals surface area (Å²) in [4.78, 5) is 43.7. The number of nitrogens with one attached hydrogen (secondary N) is 1. The van der Waals surface area contributed by atoms with Crippen LogP contribution >= 0.6 is 23.1 Å². The molecule has 0 aliphatic rings. The average molecular weight is 460 g/mol. The van der Waals surface area contributed by atoms with E-state index in [4.69, 9.17) is 9.72 Å². The first-order chi connectivity index (χ1) is 14.8. The maximum Gasteiger partial charge on any atom is 0.413 e. The van der Waals surface area contributed by atoms with Gasteiger partial charge in [0.25, 0.3) is 5.56 Å². The number of fused-ring (bicyclic) bond motifs is 1. The molecule has 3 rings (SSSR count). The van der Waals surface area contributed by atoms with Crippen LogP contribution < -0.4 is 10.9 Å². The Bertz CT molecular complexity index is 1210. The van der Waals surface area contributed by atoms with E-state index >= 15 is 0 Å². The molecule has 0 spiro atoms. The molecule has 2 amide bonds. The zero-order chi connectivity index (χ0) is 22.7. The SMILES string of the molecule is CCOC(=O)NC(=O)CSc1nc2sc(C)c(CC)c2c(=O)n1-c1ccc(C)c(C)c1. The summed E-state index contributed by atoms with van der Waals surface area (Å²) in [6.07, 6.45) is -0.0473. The number of carbonyl (C=O) groups is 2. The first-order valence-electron chi connectivity index (χ1n) is 9.98. The number of ether oxygens (including phenoxy) is 1. The van der Waals surface area contributed by atoms with E-state index in [0.29, 0.717) is 21.1 Å². The second kappa shape index (κ2) is 9.65. The predicted octanol–water partition coefficient (Wildman–Crippen LogP) is 4.30. The smallest absolute Gasteiger partial charge is 0.413 e. The summed E-state index contributed by atoms with van der Waals surface area (Å²) >= 11 is 2.59. The van der Waals surface area contributed by atoms with Crippen LogP contribution in [0.3, 0.4) is 0 Å². The summed E-state index contributed by atoms with van der Waals surface area (Å²) < 4.78 is 6.30. The van der Waals surface area contributed by atoms with Gasteiger partial charge in [-0.2, -0.15) is 0 Å². The summed E-state index contributed by atoms with van der Waals surface area (Å²) in [6.45, 7) is 9.85. The van der Waals surface area contributed by atoms with Gasteiger partial charge in [-0.15, -0.1) is 11.3 Å². The highest BCUT2D eigenvalue weighted by Crippen LogP contribution is 2.30. The van der Waals surface area contributed by atoms with Gasteiger partial charge in [-0.1, -0.05) is 24.8 Å². The van der Waals surface area contributed by atoms with Crippen LogP contribution in [0.5, 0.6) is 0 Å². The van der Waals surface area contributed by atoms with E-state index in [0.717, 1.165) is 39.8 Å². The summed E-state index contributed by atoms with van der Waals surface area (Å²) in [7, 11) is 0. The quantitative estimate of drug-likeness (QED) is 0.437. The van der Waals surface area contributed by atoms with Crippen LogP contribution in [0.1, 0.15) is 35.4 Å². The highest BCUT2D eigenvalue weighted by Gasteiger charge is 2.20. The molecule has 0 radical (unpaired) electrons. The molecule has 0 bridgehead atoms. The van der Waals surface area contributed by atoms with E-state index in [1.807, 2.05) is 45.9 Å². The van der Waals surface area contributed by atoms with Crippen molar-refractivity contribution < 1.29 is 14.3 Å². The van der Waals surface area contributed by atoms with E-state index in [-0.39, 0.29) is 17.9 Å². The van der Waals surface area contributed by atoms with Crippen molar-refractivity contribution in [3.8, 4) is 5.69 Å². The van der Waals surface area contributed by atoms with Crippen molar-refractivity contribution in [1.29, 1.82) is 0 Å². The second-order valence-corrected chi connectivity index (χ2v) is 9.18. The fourth-order valence-electron chi connectivity index (χ4n) is 3.26. The Hall–Kier alpha value is -2.65. The topological polar surface area (TPSA) is 90.3 Å². The summed E-state index contributed by atoms with van der Waals surface area (Å²) in [5.41, 5.74) is 3.73. The number of hydrogen-bond donors (Lipinski definition) is 1. The lowest BCUT2D eigenvalue weighted by atomic mass is 10.1. The minimum atomic E-state index is -0.787. The Labute approximate surface area is 188 Å². The van der Waals surface area contributed by atoms with Gasteiger partial charge in [0.05, 0.1) is 23.4 Å². The molecule has 1 N–H and O–H groups in total. The molecule has 31 heavy (non-hydrogen) atoms. The van der Waals surface area contributed by atoms with Crippen molar-refractivity contribution in [2.45, 2.75) is 46.2 Å². The number of benzene rings is 1. The number of rotatable bonds is 6. The zero-order valence-electron chi connectivity index (χ0n) is 18.2. The monoisotopic (exact) mass is 459 g/mol. The highest BCUT2D eigenvalue weighted by atomic mass is 32.2. The molecular formula is C22H25N3O4S2. The van der Waals surface area contributed by atoms with E-state index in [1.165, 1.54) is 11.3 Å². The van der Waals surface area contributed by atoms with Crippen molar-refractivity contribution in [2.75, 3.05) is 12.4 Å². The number of aromatic nitrogens is 2. The number of thiophene rings is 1. The Morgan fingerprint density at radius 1 is 1.19 bits per heavy atom. The number of amides is 2. The molecule has 164 valence electrons. The maximum absolute atomic E-state index is 13.6. The van der Waals surface area contributed by atoms with Crippen LogP contribution in [0.25, 0.3) is 15.9 Å². The molecule has 0 aliphatic carbocycles. The van der Waals surface area contributed by atoms with Crippen molar-refractivity contribution in [3.63, 3.8) is 0 Å². The van der Waals surface area contributed by atoms with Crippen LogP contribution in [0, 0.1) is 20.8 Å². The third-order valence-corrected chi connectivity index (χ3v) is 6.93. The number of thioether (sulfide) groups is 1. The molecule has 1 aromatic carbocycles. The third kappa shape index (κ3) is 4.83. The molecule has 2 heterocycles. The Morgan fingerprint density at radius 2 is 1.94 bits per heavy atom.